The Labute approximate surface area is 159 Å². The Balaban J connectivity index is 1.85. The van der Waals surface area contributed by atoms with Gasteiger partial charge in [0.05, 0.1) is 7.11 Å². The van der Waals surface area contributed by atoms with Crippen molar-refractivity contribution in [2.45, 2.75) is 6.61 Å². The van der Waals surface area contributed by atoms with Crippen LogP contribution in [0.3, 0.4) is 0 Å². The first kappa shape index (κ1) is 18.0. The second-order valence-electron chi connectivity index (χ2n) is 5.65. The van der Waals surface area contributed by atoms with Crippen LogP contribution >= 0.6 is 15.9 Å². The van der Waals surface area contributed by atoms with Gasteiger partial charge in [0.15, 0.2) is 11.5 Å². The summed E-state index contributed by atoms with van der Waals surface area (Å²) in [4.78, 5) is 24.6. The van der Waals surface area contributed by atoms with E-state index in [0.717, 1.165) is 10.5 Å². The van der Waals surface area contributed by atoms with Gasteiger partial charge in [0.1, 0.15) is 12.3 Å². The number of carbonyl (C=O) groups excluding carboxylic acids is 2. The Bertz CT molecular complexity index is 881. The molecule has 0 unspecified atom stereocenters. The van der Waals surface area contributed by atoms with E-state index in [4.69, 9.17) is 9.47 Å². The maximum atomic E-state index is 12.0. The lowest BCUT2D eigenvalue weighted by molar-refractivity contribution is -0.121. The van der Waals surface area contributed by atoms with E-state index < -0.39 is 6.03 Å². The van der Waals surface area contributed by atoms with E-state index in [2.05, 4.69) is 21.2 Å². The molecule has 6 nitrogen and oxygen atoms in total. The zero-order valence-electron chi connectivity index (χ0n) is 14.3. The Kier molecular flexibility index (Phi) is 5.27. The highest BCUT2D eigenvalue weighted by Gasteiger charge is 2.30. The molecule has 7 heteroatoms. The van der Waals surface area contributed by atoms with Crippen LogP contribution in [0.1, 0.15) is 11.1 Å². The Hall–Kier alpha value is -2.80. The maximum absolute atomic E-state index is 12.0. The molecule has 134 valence electrons. The van der Waals surface area contributed by atoms with Gasteiger partial charge in [-0.3, -0.25) is 9.69 Å². The molecule has 1 fully saturated rings. The fourth-order valence-electron chi connectivity index (χ4n) is 2.45. The Morgan fingerprint density at radius 3 is 2.50 bits per heavy atom. The first-order valence-corrected chi connectivity index (χ1v) is 8.64. The summed E-state index contributed by atoms with van der Waals surface area (Å²) >= 11 is 3.48. The van der Waals surface area contributed by atoms with Gasteiger partial charge in [-0.25, -0.2) is 4.79 Å². The third kappa shape index (κ3) is 3.72. The van der Waals surface area contributed by atoms with Gasteiger partial charge in [-0.05, 0) is 29.3 Å². The Morgan fingerprint density at radius 1 is 1.15 bits per heavy atom. The van der Waals surface area contributed by atoms with Gasteiger partial charge in [-0.1, -0.05) is 46.3 Å². The quantitative estimate of drug-likeness (QED) is 0.597. The molecule has 0 spiro atoms. The predicted molar refractivity (Wildman–Crippen MR) is 101 cm³/mol. The van der Waals surface area contributed by atoms with Gasteiger partial charge in [-0.2, -0.15) is 0 Å². The smallest absolute Gasteiger partial charge is 0.328 e. The zero-order chi connectivity index (χ0) is 18.7. The van der Waals surface area contributed by atoms with Crippen LogP contribution in [0.25, 0.3) is 6.08 Å². The second kappa shape index (κ2) is 7.61. The number of urea groups is 1. The Morgan fingerprint density at radius 2 is 1.88 bits per heavy atom. The van der Waals surface area contributed by atoms with E-state index in [9.17, 15) is 9.59 Å². The van der Waals surface area contributed by atoms with Gasteiger partial charge >= 0.3 is 6.03 Å². The summed E-state index contributed by atoms with van der Waals surface area (Å²) < 4.78 is 12.0. The van der Waals surface area contributed by atoms with Gasteiger partial charge in [0.25, 0.3) is 5.91 Å². The highest BCUT2D eigenvalue weighted by atomic mass is 79.9. The molecule has 1 N–H and O–H groups in total. The molecule has 0 saturated carbocycles. The summed E-state index contributed by atoms with van der Waals surface area (Å²) in [6.07, 6.45) is 1.59. The highest BCUT2D eigenvalue weighted by Crippen LogP contribution is 2.35. The lowest BCUT2D eigenvalue weighted by Crippen LogP contribution is -2.25. The average Bonchev–Trinajstić information content (AvgIpc) is 2.89. The number of nitrogens with zero attached hydrogens (tertiary/aromatic N) is 1. The van der Waals surface area contributed by atoms with Gasteiger partial charge < -0.3 is 14.8 Å². The monoisotopic (exact) mass is 416 g/mol. The van der Waals surface area contributed by atoms with Crippen LogP contribution in [-0.2, 0) is 11.4 Å². The van der Waals surface area contributed by atoms with E-state index >= 15 is 0 Å². The number of likely N-dealkylation sites (N-methyl/N-ethyl adjacent to an activating group) is 1. The maximum Gasteiger partial charge on any atom is 0.328 e. The summed E-state index contributed by atoms with van der Waals surface area (Å²) in [6.45, 7) is 0.406. The lowest BCUT2D eigenvalue weighted by Gasteiger charge is -2.13. The molecule has 1 saturated heterocycles. The average molecular weight is 417 g/mol. The minimum Gasteiger partial charge on any atom is -0.493 e. The van der Waals surface area contributed by atoms with Crippen molar-refractivity contribution in [3.05, 3.63) is 63.8 Å². The third-order valence-corrected chi connectivity index (χ3v) is 4.59. The third-order valence-electron chi connectivity index (χ3n) is 3.90. The molecular formula is C19H17BrN2O4. The number of ether oxygens (including phenoxy) is 2. The van der Waals surface area contributed by atoms with Crippen molar-refractivity contribution in [1.82, 2.24) is 10.2 Å². The number of rotatable bonds is 5. The van der Waals surface area contributed by atoms with Gasteiger partial charge in [0, 0.05) is 11.5 Å². The number of nitrogens with one attached hydrogen (secondary N) is 1. The molecule has 26 heavy (non-hydrogen) atoms. The SMILES string of the molecule is COc1cc(/C=C2/NC(=O)N(C)C2=O)c(Br)cc1OCc1ccccc1. The van der Waals surface area contributed by atoms with Crippen molar-refractivity contribution < 1.29 is 19.1 Å². The summed E-state index contributed by atoms with van der Waals surface area (Å²) in [5.41, 5.74) is 1.94. The van der Waals surface area contributed by atoms with Crippen molar-refractivity contribution in [1.29, 1.82) is 0 Å². The van der Waals surface area contributed by atoms with E-state index in [1.54, 1.807) is 25.3 Å². The normalized spacial score (nSPS) is 15.3. The number of benzene rings is 2. The van der Waals surface area contributed by atoms with Gasteiger partial charge in [0.2, 0.25) is 0 Å². The van der Waals surface area contributed by atoms with Crippen molar-refractivity contribution in [2.24, 2.45) is 0 Å². The van der Waals surface area contributed by atoms with Crippen LogP contribution in [-0.4, -0.2) is 31.0 Å². The lowest BCUT2D eigenvalue weighted by atomic mass is 10.1. The van der Waals surface area contributed by atoms with Crippen molar-refractivity contribution in [2.75, 3.05) is 14.2 Å². The van der Waals surface area contributed by atoms with E-state index in [-0.39, 0.29) is 11.6 Å². The summed E-state index contributed by atoms with van der Waals surface area (Å²) in [5, 5.41) is 2.53. The van der Waals surface area contributed by atoms with Crippen molar-refractivity contribution in [3.8, 4) is 11.5 Å². The van der Waals surface area contributed by atoms with Crippen molar-refractivity contribution in [3.63, 3.8) is 0 Å². The minimum absolute atomic E-state index is 0.207. The fraction of sp³-hybridized carbons (Fsp3) is 0.158. The molecule has 0 aliphatic carbocycles. The van der Waals surface area contributed by atoms with E-state index in [1.807, 2.05) is 30.3 Å². The predicted octanol–water partition coefficient (Wildman–Crippen LogP) is 3.56. The zero-order valence-corrected chi connectivity index (χ0v) is 15.9. The molecule has 0 atom stereocenters. The number of hydrogen-bond acceptors (Lipinski definition) is 4. The second-order valence-corrected chi connectivity index (χ2v) is 6.51. The molecule has 0 radical (unpaired) electrons. The molecule has 1 heterocycles. The number of methoxy groups -OCH3 is 1. The molecule has 0 aromatic heterocycles. The van der Waals surface area contributed by atoms with Crippen molar-refractivity contribution >= 4 is 33.9 Å². The topological polar surface area (TPSA) is 67.9 Å². The summed E-state index contributed by atoms with van der Waals surface area (Å²) in [6, 6.07) is 12.9. The molecule has 0 bridgehead atoms. The van der Waals surface area contributed by atoms with Gasteiger partial charge in [-0.15, -0.1) is 0 Å². The van der Waals surface area contributed by atoms with Crippen LogP contribution in [0.5, 0.6) is 11.5 Å². The highest BCUT2D eigenvalue weighted by molar-refractivity contribution is 9.10. The molecule has 2 aromatic rings. The van der Waals surface area contributed by atoms with E-state index in [1.165, 1.54) is 7.05 Å². The first-order chi connectivity index (χ1) is 12.5. The summed E-state index contributed by atoms with van der Waals surface area (Å²) in [5.74, 6) is 0.718. The number of carbonyl (C=O) groups is 2. The number of hydrogen-bond donors (Lipinski definition) is 1. The standard InChI is InChI=1S/C19H17BrN2O4/c1-22-18(23)15(21-19(22)24)8-13-9-16(25-2)17(10-14(13)20)26-11-12-6-4-3-5-7-12/h3-10H,11H2,1-2H3,(H,21,24)/b15-8+. The molecule has 3 rings (SSSR count). The fourth-order valence-corrected chi connectivity index (χ4v) is 2.88. The number of imide groups is 1. The van der Waals surface area contributed by atoms with Crippen LogP contribution in [0.4, 0.5) is 4.79 Å². The molecule has 1 aliphatic heterocycles. The van der Waals surface area contributed by atoms with E-state index in [0.29, 0.717) is 28.1 Å². The largest absolute Gasteiger partial charge is 0.493 e. The molecule has 2 aromatic carbocycles. The molecule has 1 aliphatic rings. The van der Waals surface area contributed by atoms with Crippen LogP contribution < -0.4 is 14.8 Å². The number of amides is 3. The first-order valence-electron chi connectivity index (χ1n) is 7.84. The van der Waals surface area contributed by atoms with Crippen LogP contribution in [0, 0.1) is 0 Å². The van der Waals surface area contributed by atoms with Crippen LogP contribution in [0.15, 0.2) is 52.6 Å². The molecular weight excluding hydrogens is 400 g/mol. The minimum atomic E-state index is -0.452. The number of halogens is 1. The molecule has 3 amide bonds. The van der Waals surface area contributed by atoms with Crippen LogP contribution in [0.2, 0.25) is 0 Å². The summed E-state index contributed by atoms with van der Waals surface area (Å²) in [7, 11) is 2.97.